The quantitative estimate of drug-likeness (QED) is 0.824. The summed E-state index contributed by atoms with van der Waals surface area (Å²) in [5.74, 6) is 2.03. The standard InChI is InChI=1S/C21H24N2O5/c1-25-17-4-2-3-16(11-17)21(24)22-13-18(23-7-9-26-10-8-23)15-5-6-19-20(12-15)28-14-27-19/h2-6,11-12,18H,7-10,13-14H2,1H3,(H,22,24). The van der Waals surface area contributed by atoms with Crippen molar-refractivity contribution >= 4 is 5.91 Å². The van der Waals surface area contributed by atoms with Gasteiger partial charge in [0.25, 0.3) is 5.91 Å². The first-order valence-electron chi connectivity index (χ1n) is 9.38. The number of nitrogens with one attached hydrogen (secondary N) is 1. The molecule has 1 atom stereocenters. The van der Waals surface area contributed by atoms with E-state index in [-0.39, 0.29) is 18.7 Å². The van der Waals surface area contributed by atoms with Gasteiger partial charge in [-0.1, -0.05) is 12.1 Å². The number of hydrogen-bond acceptors (Lipinski definition) is 6. The molecule has 0 aromatic heterocycles. The third kappa shape index (κ3) is 4.05. The van der Waals surface area contributed by atoms with Crippen molar-refractivity contribution in [3.63, 3.8) is 0 Å². The summed E-state index contributed by atoms with van der Waals surface area (Å²) in [6.45, 7) is 3.72. The zero-order valence-electron chi connectivity index (χ0n) is 15.8. The molecule has 1 amide bonds. The number of nitrogens with zero attached hydrogens (tertiary/aromatic N) is 1. The normalized spacial score (nSPS) is 17.2. The molecule has 1 unspecified atom stereocenters. The van der Waals surface area contributed by atoms with Gasteiger partial charge in [0.15, 0.2) is 11.5 Å². The van der Waals surface area contributed by atoms with Crippen LogP contribution in [-0.4, -0.2) is 57.6 Å². The molecule has 0 aliphatic carbocycles. The van der Waals surface area contributed by atoms with Crippen LogP contribution in [0.2, 0.25) is 0 Å². The van der Waals surface area contributed by atoms with Crippen LogP contribution in [0, 0.1) is 0 Å². The van der Waals surface area contributed by atoms with Gasteiger partial charge in [-0.05, 0) is 35.9 Å². The Bertz CT molecular complexity index is 835. The predicted molar refractivity (Wildman–Crippen MR) is 103 cm³/mol. The van der Waals surface area contributed by atoms with Crippen LogP contribution in [0.5, 0.6) is 17.2 Å². The van der Waals surface area contributed by atoms with Crippen LogP contribution in [0.25, 0.3) is 0 Å². The first-order valence-corrected chi connectivity index (χ1v) is 9.38. The number of ether oxygens (including phenoxy) is 4. The lowest BCUT2D eigenvalue weighted by molar-refractivity contribution is 0.0162. The van der Waals surface area contributed by atoms with Crippen LogP contribution < -0.4 is 19.5 Å². The number of morpholine rings is 1. The highest BCUT2D eigenvalue weighted by molar-refractivity contribution is 5.94. The first-order chi connectivity index (χ1) is 13.7. The van der Waals surface area contributed by atoms with Crippen molar-refractivity contribution in [2.45, 2.75) is 6.04 Å². The second kappa shape index (κ2) is 8.50. The molecule has 28 heavy (non-hydrogen) atoms. The van der Waals surface area contributed by atoms with Crippen molar-refractivity contribution in [2.24, 2.45) is 0 Å². The van der Waals surface area contributed by atoms with E-state index in [1.165, 1.54) is 0 Å². The second-order valence-electron chi connectivity index (χ2n) is 6.72. The van der Waals surface area contributed by atoms with Crippen LogP contribution in [0.15, 0.2) is 42.5 Å². The number of hydrogen-bond donors (Lipinski definition) is 1. The van der Waals surface area contributed by atoms with Crippen molar-refractivity contribution in [3.8, 4) is 17.2 Å². The van der Waals surface area contributed by atoms with Crippen molar-refractivity contribution < 1.29 is 23.7 Å². The molecule has 1 saturated heterocycles. The molecule has 0 bridgehead atoms. The maximum absolute atomic E-state index is 12.7. The van der Waals surface area contributed by atoms with Gasteiger partial charge in [-0.25, -0.2) is 0 Å². The summed E-state index contributed by atoms with van der Waals surface area (Å²) in [7, 11) is 1.59. The van der Waals surface area contributed by atoms with Gasteiger partial charge in [-0.15, -0.1) is 0 Å². The molecule has 0 saturated carbocycles. The molecule has 7 nitrogen and oxygen atoms in total. The Morgan fingerprint density at radius 2 is 1.96 bits per heavy atom. The molecular weight excluding hydrogens is 360 g/mol. The third-order valence-electron chi connectivity index (χ3n) is 5.06. The van der Waals surface area contributed by atoms with E-state index < -0.39 is 0 Å². The summed E-state index contributed by atoms with van der Waals surface area (Å²) in [6, 6.07) is 13.1. The van der Waals surface area contributed by atoms with E-state index in [0.717, 1.165) is 30.2 Å². The molecule has 2 heterocycles. The van der Waals surface area contributed by atoms with Crippen LogP contribution in [0.4, 0.5) is 0 Å². The number of fused-ring (bicyclic) bond motifs is 1. The Morgan fingerprint density at radius 1 is 1.14 bits per heavy atom. The van der Waals surface area contributed by atoms with E-state index >= 15 is 0 Å². The fourth-order valence-electron chi connectivity index (χ4n) is 3.52. The fourth-order valence-corrected chi connectivity index (χ4v) is 3.52. The molecular formula is C21H24N2O5. The van der Waals surface area contributed by atoms with E-state index in [4.69, 9.17) is 18.9 Å². The molecule has 2 aromatic rings. The van der Waals surface area contributed by atoms with Crippen LogP contribution >= 0.6 is 0 Å². The summed E-state index contributed by atoms with van der Waals surface area (Å²) in [5, 5.41) is 3.06. The zero-order chi connectivity index (χ0) is 19.3. The Labute approximate surface area is 164 Å². The summed E-state index contributed by atoms with van der Waals surface area (Å²) in [4.78, 5) is 15.0. The zero-order valence-corrected chi connectivity index (χ0v) is 15.8. The smallest absolute Gasteiger partial charge is 0.251 e. The van der Waals surface area contributed by atoms with Gasteiger partial charge in [-0.2, -0.15) is 0 Å². The van der Waals surface area contributed by atoms with Crippen LogP contribution in [-0.2, 0) is 4.74 Å². The van der Waals surface area contributed by atoms with Gasteiger partial charge in [-0.3, -0.25) is 9.69 Å². The summed E-state index contributed by atoms with van der Waals surface area (Å²) >= 11 is 0. The molecule has 0 radical (unpaired) electrons. The van der Waals surface area contributed by atoms with Crippen molar-refractivity contribution in [3.05, 3.63) is 53.6 Å². The van der Waals surface area contributed by atoms with E-state index in [1.54, 1.807) is 19.2 Å². The number of rotatable bonds is 6. The molecule has 1 N–H and O–H groups in total. The fraction of sp³-hybridized carbons (Fsp3) is 0.381. The average Bonchev–Trinajstić information content (AvgIpc) is 3.22. The maximum Gasteiger partial charge on any atom is 0.251 e. The van der Waals surface area contributed by atoms with E-state index in [9.17, 15) is 4.79 Å². The van der Waals surface area contributed by atoms with Crippen molar-refractivity contribution in [1.82, 2.24) is 10.2 Å². The number of carbonyl (C=O) groups excluding carboxylic acids is 1. The number of methoxy groups -OCH3 is 1. The Balaban J connectivity index is 1.51. The van der Waals surface area contributed by atoms with Gasteiger partial charge in [0, 0.05) is 25.2 Å². The number of carbonyl (C=O) groups is 1. The minimum Gasteiger partial charge on any atom is -0.497 e. The summed E-state index contributed by atoms with van der Waals surface area (Å²) in [5.41, 5.74) is 1.66. The van der Waals surface area contributed by atoms with Crippen molar-refractivity contribution in [1.29, 1.82) is 0 Å². The highest BCUT2D eigenvalue weighted by Gasteiger charge is 2.25. The summed E-state index contributed by atoms with van der Waals surface area (Å²) < 4.78 is 21.7. The molecule has 1 fully saturated rings. The largest absolute Gasteiger partial charge is 0.497 e. The van der Waals surface area contributed by atoms with Gasteiger partial charge < -0.3 is 24.3 Å². The maximum atomic E-state index is 12.7. The second-order valence-corrected chi connectivity index (χ2v) is 6.72. The molecule has 148 valence electrons. The highest BCUT2D eigenvalue weighted by atomic mass is 16.7. The van der Waals surface area contributed by atoms with Gasteiger partial charge in [0.2, 0.25) is 6.79 Å². The monoisotopic (exact) mass is 384 g/mol. The minimum absolute atomic E-state index is 0.0213. The Kier molecular flexibility index (Phi) is 5.64. The SMILES string of the molecule is COc1cccc(C(=O)NCC(c2ccc3c(c2)OCO3)N2CCOCC2)c1. The summed E-state index contributed by atoms with van der Waals surface area (Å²) in [6.07, 6.45) is 0. The van der Waals surface area contributed by atoms with Gasteiger partial charge >= 0.3 is 0 Å². The number of amides is 1. The predicted octanol–water partition coefficient (Wildman–Crippen LogP) is 2.23. The molecule has 2 aliphatic heterocycles. The van der Waals surface area contributed by atoms with E-state index in [1.807, 2.05) is 30.3 Å². The Hall–Kier alpha value is -2.77. The van der Waals surface area contributed by atoms with E-state index in [0.29, 0.717) is 31.1 Å². The average molecular weight is 384 g/mol. The lowest BCUT2D eigenvalue weighted by atomic mass is 10.0. The highest BCUT2D eigenvalue weighted by Crippen LogP contribution is 2.35. The van der Waals surface area contributed by atoms with Crippen LogP contribution in [0.3, 0.4) is 0 Å². The Morgan fingerprint density at radius 3 is 2.79 bits per heavy atom. The van der Waals surface area contributed by atoms with Crippen LogP contribution in [0.1, 0.15) is 22.0 Å². The molecule has 2 aromatic carbocycles. The molecule has 2 aliphatic rings. The van der Waals surface area contributed by atoms with Gasteiger partial charge in [0.05, 0.1) is 26.4 Å². The topological polar surface area (TPSA) is 69.3 Å². The molecule has 7 heteroatoms. The first kappa shape index (κ1) is 18.6. The number of benzene rings is 2. The van der Waals surface area contributed by atoms with E-state index in [2.05, 4.69) is 10.2 Å². The third-order valence-corrected chi connectivity index (χ3v) is 5.06. The van der Waals surface area contributed by atoms with Crippen molar-refractivity contribution in [2.75, 3.05) is 46.8 Å². The molecule has 0 spiro atoms. The minimum atomic E-state index is -0.127. The lowest BCUT2D eigenvalue weighted by Crippen LogP contribution is -2.43. The lowest BCUT2D eigenvalue weighted by Gasteiger charge is -2.35. The van der Waals surface area contributed by atoms with Gasteiger partial charge in [0.1, 0.15) is 5.75 Å². The molecule has 4 rings (SSSR count).